The fourth-order valence-corrected chi connectivity index (χ4v) is 4.49. The highest BCUT2D eigenvalue weighted by Crippen LogP contribution is 2.42. The zero-order valence-corrected chi connectivity index (χ0v) is 17.1. The van der Waals surface area contributed by atoms with Crippen molar-refractivity contribution in [2.24, 2.45) is 5.92 Å². The largest absolute Gasteiger partial charge is 0.310 e. The lowest BCUT2D eigenvalue weighted by molar-refractivity contribution is -0.120. The van der Waals surface area contributed by atoms with E-state index in [2.05, 4.69) is 23.5 Å². The molecule has 5 rings (SSSR count). The minimum absolute atomic E-state index is 0.00399. The molecule has 3 aliphatic rings. The molecule has 2 fully saturated rings. The van der Waals surface area contributed by atoms with Crippen molar-refractivity contribution in [3.05, 3.63) is 30.6 Å². The average molecular weight is 393 g/mol. The number of carbonyl (C=O) groups excluding carboxylic acids is 2. The number of benzene rings is 1. The number of hydrogen-bond donors (Lipinski definition) is 1. The number of aromatic nitrogens is 2. The molecule has 2 amide bonds. The SMILES string of the molecule is CC(=O)N1c2ccc(-c3cnn(C4CN[C@H]4C)c3)cc2N(C(=O)C2CC2)C[C@@H]1C. The molecule has 152 valence electrons. The fourth-order valence-electron chi connectivity index (χ4n) is 4.49. The Hall–Kier alpha value is -2.67. The molecular weight excluding hydrogens is 366 g/mol. The van der Waals surface area contributed by atoms with Crippen molar-refractivity contribution in [3.63, 3.8) is 0 Å². The molecule has 1 saturated carbocycles. The van der Waals surface area contributed by atoms with E-state index in [9.17, 15) is 9.59 Å². The third-order valence-corrected chi connectivity index (χ3v) is 6.45. The van der Waals surface area contributed by atoms with Crippen molar-refractivity contribution < 1.29 is 9.59 Å². The summed E-state index contributed by atoms with van der Waals surface area (Å²) in [5.41, 5.74) is 3.69. The van der Waals surface area contributed by atoms with E-state index in [-0.39, 0.29) is 23.8 Å². The molecule has 0 radical (unpaired) electrons. The Morgan fingerprint density at radius 3 is 2.55 bits per heavy atom. The van der Waals surface area contributed by atoms with E-state index in [4.69, 9.17) is 0 Å². The van der Waals surface area contributed by atoms with E-state index in [0.29, 0.717) is 18.6 Å². The van der Waals surface area contributed by atoms with Gasteiger partial charge < -0.3 is 15.1 Å². The predicted octanol–water partition coefficient (Wildman–Crippen LogP) is 2.58. The number of hydrogen-bond acceptors (Lipinski definition) is 4. The van der Waals surface area contributed by atoms with Gasteiger partial charge in [0.1, 0.15) is 0 Å². The van der Waals surface area contributed by atoms with Gasteiger partial charge in [0.15, 0.2) is 0 Å². The maximum atomic E-state index is 13.0. The molecule has 1 N–H and O–H groups in total. The van der Waals surface area contributed by atoms with Crippen LogP contribution in [0.3, 0.4) is 0 Å². The van der Waals surface area contributed by atoms with Crippen molar-refractivity contribution in [2.75, 3.05) is 22.9 Å². The maximum Gasteiger partial charge on any atom is 0.230 e. The highest BCUT2D eigenvalue weighted by atomic mass is 16.2. The van der Waals surface area contributed by atoms with Gasteiger partial charge in [-0.25, -0.2) is 0 Å². The summed E-state index contributed by atoms with van der Waals surface area (Å²) in [6.07, 6.45) is 5.89. The lowest BCUT2D eigenvalue weighted by Gasteiger charge is -2.41. The summed E-state index contributed by atoms with van der Waals surface area (Å²) in [5.74, 6) is 0.325. The van der Waals surface area contributed by atoms with Gasteiger partial charge in [-0.15, -0.1) is 0 Å². The van der Waals surface area contributed by atoms with E-state index in [0.717, 1.165) is 41.9 Å². The summed E-state index contributed by atoms with van der Waals surface area (Å²) in [4.78, 5) is 29.0. The normalized spacial score (nSPS) is 26.1. The van der Waals surface area contributed by atoms with Crippen LogP contribution in [0.5, 0.6) is 0 Å². The van der Waals surface area contributed by atoms with Gasteiger partial charge in [0, 0.05) is 43.7 Å². The van der Waals surface area contributed by atoms with Gasteiger partial charge in [-0.2, -0.15) is 5.10 Å². The molecular formula is C22H27N5O2. The molecule has 0 spiro atoms. The first kappa shape index (κ1) is 18.4. The van der Waals surface area contributed by atoms with E-state index >= 15 is 0 Å². The zero-order valence-electron chi connectivity index (χ0n) is 17.1. The van der Waals surface area contributed by atoms with Crippen molar-refractivity contribution in [3.8, 4) is 11.1 Å². The minimum atomic E-state index is -0.0381. The van der Waals surface area contributed by atoms with Crippen molar-refractivity contribution in [1.82, 2.24) is 15.1 Å². The Morgan fingerprint density at radius 1 is 1.14 bits per heavy atom. The first-order valence-electron chi connectivity index (χ1n) is 10.5. The molecule has 7 heteroatoms. The first-order valence-corrected chi connectivity index (χ1v) is 10.5. The predicted molar refractivity (Wildman–Crippen MR) is 112 cm³/mol. The molecule has 3 atom stereocenters. The Kier molecular flexibility index (Phi) is 4.24. The van der Waals surface area contributed by atoms with Gasteiger partial charge in [0.25, 0.3) is 0 Å². The van der Waals surface area contributed by atoms with Crippen molar-refractivity contribution >= 4 is 23.2 Å². The maximum absolute atomic E-state index is 13.0. The molecule has 7 nitrogen and oxygen atoms in total. The monoisotopic (exact) mass is 393 g/mol. The van der Waals surface area contributed by atoms with Gasteiger partial charge >= 0.3 is 0 Å². The van der Waals surface area contributed by atoms with E-state index in [1.54, 1.807) is 11.8 Å². The van der Waals surface area contributed by atoms with Gasteiger partial charge in [-0.3, -0.25) is 14.3 Å². The highest BCUT2D eigenvalue weighted by molar-refractivity contribution is 6.06. The average Bonchev–Trinajstić information content (AvgIpc) is 3.43. The second-order valence-electron chi connectivity index (χ2n) is 8.64. The topological polar surface area (TPSA) is 70.5 Å². The summed E-state index contributed by atoms with van der Waals surface area (Å²) < 4.78 is 2.02. The van der Waals surface area contributed by atoms with Gasteiger partial charge in [0.05, 0.1) is 29.7 Å². The van der Waals surface area contributed by atoms with Crippen LogP contribution in [0.15, 0.2) is 30.6 Å². The quantitative estimate of drug-likeness (QED) is 0.870. The molecule has 1 unspecified atom stereocenters. The molecule has 3 heterocycles. The molecule has 1 aromatic heterocycles. The van der Waals surface area contributed by atoms with Crippen LogP contribution in [0.25, 0.3) is 11.1 Å². The smallest absolute Gasteiger partial charge is 0.230 e. The highest BCUT2D eigenvalue weighted by Gasteiger charge is 2.39. The third kappa shape index (κ3) is 3.04. The minimum Gasteiger partial charge on any atom is -0.310 e. The van der Waals surface area contributed by atoms with Gasteiger partial charge in [-0.1, -0.05) is 6.07 Å². The van der Waals surface area contributed by atoms with Crippen LogP contribution < -0.4 is 15.1 Å². The molecule has 2 aliphatic heterocycles. The number of amides is 2. The molecule has 2 aromatic rings. The van der Waals surface area contributed by atoms with Crippen molar-refractivity contribution in [1.29, 1.82) is 0 Å². The lowest BCUT2D eigenvalue weighted by atomic mass is 10.0. The fraction of sp³-hybridized carbons (Fsp3) is 0.500. The number of fused-ring (bicyclic) bond motifs is 1. The van der Waals surface area contributed by atoms with Gasteiger partial charge in [-0.05, 0) is 44.4 Å². The Balaban J connectivity index is 1.54. The summed E-state index contributed by atoms with van der Waals surface area (Å²) in [6, 6.07) is 6.80. The molecule has 0 bridgehead atoms. The summed E-state index contributed by atoms with van der Waals surface area (Å²) in [5, 5.41) is 7.91. The van der Waals surface area contributed by atoms with Crippen LogP contribution in [0.1, 0.15) is 39.7 Å². The zero-order chi connectivity index (χ0) is 20.3. The van der Waals surface area contributed by atoms with Crippen molar-refractivity contribution in [2.45, 2.75) is 51.7 Å². The van der Waals surface area contributed by atoms with Crippen LogP contribution in [0.4, 0.5) is 11.4 Å². The standard InChI is InChI=1S/C22H27N5O2/c1-13-11-25(22(29)16-4-5-16)20-8-17(6-7-19(20)27(13)15(3)28)18-9-24-26(12-18)21-10-23-14(21)2/h6-9,12-14,16,21,23H,4-5,10-11H2,1-3H3/t13-,14-,21?/m0/s1. The molecule has 29 heavy (non-hydrogen) atoms. The molecule has 1 aromatic carbocycles. The number of anilines is 2. The van der Waals surface area contributed by atoms with E-state index in [1.165, 1.54) is 0 Å². The first-order chi connectivity index (χ1) is 13.9. The van der Waals surface area contributed by atoms with Crippen LogP contribution in [-0.2, 0) is 9.59 Å². The molecule has 1 saturated heterocycles. The second kappa shape index (κ2) is 6.69. The second-order valence-corrected chi connectivity index (χ2v) is 8.64. The van der Waals surface area contributed by atoms with Crippen LogP contribution in [0, 0.1) is 5.92 Å². The number of rotatable bonds is 3. The van der Waals surface area contributed by atoms with E-state index in [1.807, 2.05) is 40.9 Å². The Morgan fingerprint density at radius 2 is 1.93 bits per heavy atom. The van der Waals surface area contributed by atoms with Crippen LogP contribution in [-0.4, -0.2) is 46.8 Å². The van der Waals surface area contributed by atoms with Crippen LogP contribution in [0.2, 0.25) is 0 Å². The Bertz CT molecular complexity index is 979. The molecule has 1 aliphatic carbocycles. The third-order valence-electron chi connectivity index (χ3n) is 6.45. The number of nitrogens with zero attached hydrogens (tertiary/aromatic N) is 4. The Labute approximate surface area is 170 Å². The summed E-state index contributed by atoms with van der Waals surface area (Å²) in [7, 11) is 0. The van der Waals surface area contributed by atoms with Gasteiger partial charge in [0.2, 0.25) is 11.8 Å². The number of carbonyl (C=O) groups is 2. The lowest BCUT2D eigenvalue weighted by Crippen LogP contribution is -2.51. The summed E-state index contributed by atoms with van der Waals surface area (Å²) >= 11 is 0. The number of nitrogens with one attached hydrogen (secondary N) is 1. The summed E-state index contributed by atoms with van der Waals surface area (Å²) in [6.45, 7) is 7.22. The van der Waals surface area contributed by atoms with E-state index < -0.39 is 0 Å². The van der Waals surface area contributed by atoms with Crippen LogP contribution >= 0.6 is 0 Å².